The molecule has 2 aromatic rings. The topological polar surface area (TPSA) is 125 Å². The molecule has 0 saturated carbocycles. The molecule has 0 aliphatic rings. The number of aromatic nitrogens is 2. The standard InChI is InChI=1S/C32H49N5O6Si/c1-11-12-26(36-31(39)43-32(4,5)6)30-35-28(20-37(30)22-41-17-18-44(8,9)10)25-15-14-24(33-21-42-40-7)19-27(25)34-29(38)16-13-23(2)3/h11,14-15,19-21,26H,1-2,12-13,16-18,22H2,3-10H3,(H,34,38)(H,36,39)/t26-/m0/s1. The highest BCUT2D eigenvalue weighted by molar-refractivity contribution is 6.76. The minimum atomic E-state index is -1.30. The van der Waals surface area contributed by atoms with Gasteiger partial charge in [-0.2, -0.15) is 4.89 Å². The monoisotopic (exact) mass is 627 g/mol. The molecule has 0 radical (unpaired) electrons. The summed E-state index contributed by atoms with van der Waals surface area (Å²) < 4.78 is 13.5. The molecule has 12 heteroatoms. The van der Waals surface area contributed by atoms with E-state index in [2.05, 4.69) is 53.3 Å². The molecule has 0 unspecified atom stereocenters. The largest absolute Gasteiger partial charge is 0.444 e. The van der Waals surface area contributed by atoms with Crippen molar-refractivity contribution < 1.29 is 28.8 Å². The van der Waals surface area contributed by atoms with Gasteiger partial charge in [-0.1, -0.05) is 31.3 Å². The molecule has 0 saturated heterocycles. The van der Waals surface area contributed by atoms with E-state index < -0.39 is 25.8 Å². The van der Waals surface area contributed by atoms with E-state index in [4.69, 9.17) is 19.3 Å². The van der Waals surface area contributed by atoms with E-state index in [0.717, 1.165) is 18.0 Å². The summed E-state index contributed by atoms with van der Waals surface area (Å²) >= 11 is 0. The van der Waals surface area contributed by atoms with Gasteiger partial charge in [0, 0.05) is 32.9 Å². The van der Waals surface area contributed by atoms with Crippen LogP contribution in [0.25, 0.3) is 11.3 Å². The van der Waals surface area contributed by atoms with Crippen molar-refractivity contribution in [1.29, 1.82) is 0 Å². The van der Waals surface area contributed by atoms with Gasteiger partial charge in [0.05, 0.1) is 30.2 Å². The van der Waals surface area contributed by atoms with Crippen LogP contribution in [-0.4, -0.2) is 55.3 Å². The molecule has 1 atom stereocenters. The maximum absolute atomic E-state index is 12.9. The lowest BCUT2D eigenvalue weighted by molar-refractivity contribution is -0.187. The van der Waals surface area contributed by atoms with Gasteiger partial charge in [-0.3, -0.25) is 4.79 Å². The molecule has 2 N–H and O–H groups in total. The molecule has 0 bridgehead atoms. The van der Waals surface area contributed by atoms with Gasteiger partial charge in [-0.05, 0) is 64.8 Å². The summed E-state index contributed by atoms with van der Waals surface area (Å²) in [6.07, 6.45) is 5.42. The summed E-state index contributed by atoms with van der Waals surface area (Å²) in [6, 6.07) is 5.79. The maximum Gasteiger partial charge on any atom is 0.408 e. The first-order valence-corrected chi connectivity index (χ1v) is 18.4. The number of hydrogen-bond acceptors (Lipinski definition) is 8. The van der Waals surface area contributed by atoms with Crippen LogP contribution in [-0.2, 0) is 30.8 Å². The van der Waals surface area contributed by atoms with Crippen molar-refractivity contribution in [3.8, 4) is 11.3 Å². The molecule has 1 aromatic heterocycles. The molecule has 0 spiro atoms. The summed E-state index contributed by atoms with van der Waals surface area (Å²) in [7, 11) is 0.0762. The number of hydrogen-bond donors (Lipinski definition) is 2. The van der Waals surface area contributed by atoms with E-state index in [0.29, 0.717) is 47.9 Å². The number of ether oxygens (including phenoxy) is 2. The summed E-state index contributed by atoms with van der Waals surface area (Å²) in [5, 5.41) is 5.93. The Labute approximate surface area is 262 Å². The van der Waals surface area contributed by atoms with Crippen molar-refractivity contribution in [3.05, 3.63) is 55.0 Å². The lowest BCUT2D eigenvalue weighted by Crippen LogP contribution is -2.36. The zero-order chi connectivity index (χ0) is 32.9. The van der Waals surface area contributed by atoms with E-state index in [1.165, 1.54) is 7.11 Å². The van der Waals surface area contributed by atoms with E-state index in [1.54, 1.807) is 18.2 Å². The van der Waals surface area contributed by atoms with Crippen LogP contribution in [0.3, 0.4) is 0 Å². The van der Waals surface area contributed by atoms with Gasteiger partial charge in [-0.25, -0.2) is 14.8 Å². The van der Waals surface area contributed by atoms with E-state index >= 15 is 0 Å². The third-order valence-electron chi connectivity index (χ3n) is 6.11. The van der Waals surface area contributed by atoms with Crippen LogP contribution < -0.4 is 10.6 Å². The second-order valence-corrected chi connectivity index (χ2v) is 18.4. The molecule has 0 aliphatic heterocycles. The fourth-order valence-electron chi connectivity index (χ4n) is 3.93. The van der Waals surface area contributed by atoms with Crippen LogP contribution in [0.4, 0.5) is 16.2 Å². The number of aliphatic imine (C=N–C) groups is 1. The molecule has 242 valence electrons. The Morgan fingerprint density at radius 1 is 1.20 bits per heavy atom. The number of nitrogens with one attached hydrogen (secondary N) is 2. The van der Waals surface area contributed by atoms with Crippen molar-refractivity contribution in [2.45, 2.75) is 91.0 Å². The SMILES string of the molecule is C=CC[C@H](NC(=O)OC(C)(C)C)c1nc(-c2ccc(N=COOC)cc2NC(=O)CCC(=C)C)cn1COCC[Si](C)(C)C. The highest BCUT2D eigenvalue weighted by Gasteiger charge is 2.25. The Bertz CT molecular complexity index is 1310. The van der Waals surface area contributed by atoms with Gasteiger partial charge in [0.25, 0.3) is 0 Å². The van der Waals surface area contributed by atoms with Crippen LogP contribution in [0.5, 0.6) is 0 Å². The van der Waals surface area contributed by atoms with Crippen LogP contribution in [0.1, 0.15) is 58.8 Å². The Morgan fingerprint density at radius 2 is 1.93 bits per heavy atom. The number of nitrogens with zero attached hydrogens (tertiary/aromatic N) is 3. The first kappa shape index (κ1) is 36.4. The van der Waals surface area contributed by atoms with Gasteiger partial charge in [0.2, 0.25) is 12.3 Å². The number of carbonyl (C=O) groups excluding carboxylic acids is 2. The van der Waals surface area contributed by atoms with Gasteiger partial charge in [0.15, 0.2) is 0 Å². The Morgan fingerprint density at radius 3 is 2.55 bits per heavy atom. The lowest BCUT2D eigenvalue weighted by Gasteiger charge is -2.23. The quantitative estimate of drug-likeness (QED) is 0.0353. The Balaban J connectivity index is 2.56. The zero-order valence-electron chi connectivity index (χ0n) is 27.5. The third kappa shape index (κ3) is 13.3. The second kappa shape index (κ2) is 16.9. The van der Waals surface area contributed by atoms with Gasteiger partial charge < -0.3 is 29.6 Å². The number of anilines is 1. The second-order valence-electron chi connectivity index (χ2n) is 12.8. The van der Waals surface area contributed by atoms with E-state index in [-0.39, 0.29) is 19.1 Å². The van der Waals surface area contributed by atoms with Crippen molar-refractivity contribution in [2.24, 2.45) is 4.99 Å². The first-order chi connectivity index (χ1) is 20.6. The molecule has 2 amide bonds. The normalized spacial score (nSPS) is 12.5. The predicted octanol–water partition coefficient (Wildman–Crippen LogP) is 7.54. The van der Waals surface area contributed by atoms with Crippen LogP contribution in [0.2, 0.25) is 25.7 Å². The smallest absolute Gasteiger partial charge is 0.408 e. The zero-order valence-corrected chi connectivity index (χ0v) is 28.5. The average Bonchev–Trinajstić information content (AvgIpc) is 3.32. The fraction of sp³-hybridized carbons (Fsp3) is 0.500. The molecule has 1 aromatic carbocycles. The van der Waals surface area contributed by atoms with Gasteiger partial charge in [0.1, 0.15) is 18.2 Å². The molecule has 11 nitrogen and oxygen atoms in total. The number of rotatable bonds is 17. The number of amides is 2. The summed E-state index contributed by atoms with van der Waals surface area (Å²) in [4.78, 5) is 44.2. The van der Waals surface area contributed by atoms with Crippen LogP contribution >= 0.6 is 0 Å². The number of allylic oxidation sites excluding steroid dienone is 1. The predicted molar refractivity (Wildman–Crippen MR) is 178 cm³/mol. The van der Waals surface area contributed by atoms with E-state index in [9.17, 15) is 9.59 Å². The minimum Gasteiger partial charge on any atom is -0.444 e. The molecule has 0 fully saturated rings. The molecule has 2 rings (SSSR count). The number of imidazole rings is 1. The van der Waals surface area contributed by atoms with Crippen LogP contribution in [0.15, 0.2) is 54.2 Å². The van der Waals surface area contributed by atoms with Crippen molar-refractivity contribution in [2.75, 3.05) is 19.0 Å². The first-order valence-electron chi connectivity index (χ1n) is 14.7. The third-order valence-corrected chi connectivity index (χ3v) is 7.82. The molecule has 1 heterocycles. The molecular weight excluding hydrogens is 578 g/mol. The number of benzene rings is 1. The number of alkyl carbamates (subject to hydrolysis) is 1. The minimum absolute atomic E-state index is 0.172. The van der Waals surface area contributed by atoms with Crippen molar-refractivity contribution in [1.82, 2.24) is 14.9 Å². The van der Waals surface area contributed by atoms with Gasteiger partial charge >= 0.3 is 6.09 Å². The van der Waals surface area contributed by atoms with Crippen molar-refractivity contribution >= 4 is 37.8 Å². The Hall–Kier alpha value is -3.74. The fourth-order valence-corrected chi connectivity index (χ4v) is 4.69. The highest BCUT2D eigenvalue weighted by atomic mass is 28.3. The molecule has 0 aliphatic carbocycles. The average molecular weight is 628 g/mol. The number of carbonyl (C=O) groups is 2. The highest BCUT2D eigenvalue weighted by Crippen LogP contribution is 2.33. The van der Waals surface area contributed by atoms with Gasteiger partial charge in [-0.15, -0.1) is 13.2 Å². The lowest BCUT2D eigenvalue weighted by atomic mass is 10.1. The molecule has 44 heavy (non-hydrogen) atoms. The summed E-state index contributed by atoms with van der Waals surface area (Å²) in [6.45, 7) is 22.8. The van der Waals surface area contributed by atoms with Crippen LogP contribution in [0, 0.1) is 0 Å². The van der Waals surface area contributed by atoms with E-state index in [1.807, 2.05) is 44.5 Å². The summed E-state index contributed by atoms with van der Waals surface area (Å²) in [5.74, 6) is 0.392. The molecular formula is C32H49N5O6Si. The van der Waals surface area contributed by atoms with Crippen molar-refractivity contribution in [3.63, 3.8) is 0 Å². The maximum atomic E-state index is 12.9. The summed E-state index contributed by atoms with van der Waals surface area (Å²) in [5.41, 5.74) is 2.54. The Kier molecular flexibility index (Phi) is 14.0.